The summed E-state index contributed by atoms with van der Waals surface area (Å²) in [4.78, 5) is 0.644. The van der Waals surface area contributed by atoms with Crippen molar-refractivity contribution in [3.8, 4) is 0 Å². The quantitative estimate of drug-likeness (QED) is 0.272. The minimum absolute atomic E-state index is 0.126. The minimum atomic E-state index is -6.00. The largest absolute Gasteiger partial charge is 0.673 e. The summed E-state index contributed by atoms with van der Waals surface area (Å²) in [7, 11) is -7.71. The number of halogens is 7. The lowest BCUT2D eigenvalue weighted by Crippen LogP contribution is -2.06. The molecule has 0 bridgehead atoms. The molecule has 0 saturated heterocycles. The Morgan fingerprint density at radius 1 is 1.00 bits per heavy atom. The van der Waals surface area contributed by atoms with Crippen molar-refractivity contribution < 1.29 is 30.4 Å². The van der Waals surface area contributed by atoms with Gasteiger partial charge < -0.3 is 17.3 Å². The van der Waals surface area contributed by atoms with E-state index in [2.05, 4.69) is 0 Å². The van der Waals surface area contributed by atoms with Crippen LogP contribution in [0.1, 0.15) is 55.4 Å². The van der Waals surface area contributed by atoms with Crippen molar-refractivity contribution in [1.29, 1.82) is 0 Å². The molecule has 1 fully saturated rings. The van der Waals surface area contributed by atoms with Crippen LogP contribution in [0.4, 0.5) is 30.4 Å². The van der Waals surface area contributed by atoms with Crippen LogP contribution in [0.25, 0.3) is 10.1 Å². The van der Waals surface area contributed by atoms with Crippen molar-refractivity contribution in [3.05, 3.63) is 34.7 Å². The van der Waals surface area contributed by atoms with Crippen molar-refractivity contribution in [2.24, 2.45) is 0 Å². The molecule has 1 unspecified atom stereocenters. The summed E-state index contributed by atoms with van der Waals surface area (Å²) in [6.45, 7) is 1.98. The van der Waals surface area contributed by atoms with E-state index in [4.69, 9.17) is 0 Å². The van der Waals surface area contributed by atoms with Crippen LogP contribution in [0.3, 0.4) is 0 Å². The normalized spacial score (nSPS) is 17.2. The molecule has 0 spiro atoms. The molecule has 1 heterocycles. The average molecular weight is 400 g/mol. The maximum Gasteiger partial charge on any atom is 0.673 e. The Balaban J connectivity index is 0.000000431. The highest BCUT2D eigenvalue weighted by molar-refractivity contribution is 7.38. The molecule has 0 aliphatic heterocycles. The highest BCUT2D eigenvalue weighted by Crippen LogP contribution is 2.55. The third-order valence-corrected chi connectivity index (χ3v) is 6.66. The molecule has 0 N–H and O–H groups in total. The third-order valence-electron chi connectivity index (χ3n) is 4.48. The number of hydrogen-bond donors (Lipinski definition) is 0. The van der Waals surface area contributed by atoms with E-state index in [1.807, 2.05) is 25.1 Å². The van der Waals surface area contributed by atoms with Gasteiger partial charge in [0.1, 0.15) is 0 Å². The van der Waals surface area contributed by atoms with E-state index in [9.17, 15) is 30.4 Å². The molecule has 1 saturated carbocycles. The second-order valence-corrected chi connectivity index (χ2v) is 8.34. The lowest BCUT2D eigenvalue weighted by atomic mass is 9.88. The van der Waals surface area contributed by atoms with Gasteiger partial charge in [0, 0.05) is 23.4 Å². The first kappa shape index (κ1) is 21.1. The molecule has 2 aromatic rings. The summed E-state index contributed by atoms with van der Waals surface area (Å²) in [6.07, 6.45) is 5.90. The van der Waals surface area contributed by atoms with Gasteiger partial charge in [0.25, 0.3) is 0 Å². The zero-order valence-corrected chi connectivity index (χ0v) is 15.1. The smallest absolute Gasteiger partial charge is 0.418 e. The molecule has 1 aromatic heterocycles. The summed E-state index contributed by atoms with van der Waals surface area (Å²) in [5.41, 5.74) is -3.16. The predicted octanol–water partition coefficient (Wildman–Crippen LogP) is 7.98. The van der Waals surface area contributed by atoms with Gasteiger partial charge in [0.2, 0.25) is 0 Å². The first-order valence-corrected chi connectivity index (χ1v) is 9.76. The van der Waals surface area contributed by atoms with Gasteiger partial charge in [-0.2, -0.15) is 0 Å². The van der Waals surface area contributed by atoms with Crippen LogP contribution in [-0.2, 0) is 11.9 Å². The second kappa shape index (κ2) is 8.19. The molecule has 1 atom stereocenters. The Hall–Kier alpha value is -1.25. The fraction of sp³-hybridized carbons (Fsp3) is 0.529. The van der Waals surface area contributed by atoms with Crippen LogP contribution in [0.5, 0.6) is 0 Å². The van der Waals surface area contributed by atoms with E-state index >= 15 is 0 Å². The van der Waals surface area contributed by atoms with Crippen molar-refractivity contribution >= 4 is 27.8 Å². The van der Waals surface area contributed by atoms with Crippen molar-refractivity contribution in [3.63, 3.8) is 0 Å². The minimum Gasteiger partial charge on any atom is -0.418 e. The first-order valence-electron chi connectivity index (χ1n) is 8.53. The molecule has 9 heteroatoms. The van der Waals surface area contributed by atoms with E-state index in [-0.39, 0.29) is 5.92 Å². The van der Waals surface area contributed by atoms with Crippen molar-refractivity contribution in [2.45, 2.75) is 56.9 Å². The highest BCUT2D eigenvalue weighted by atomic mass is 32.2. The molecule has 3 rings (SSSR count). The Labute approximate surface area is 150 Å². The molecule has 1 aliphatic carbocycles. The van der Waals surface area contributed by atoms with Gasteiger partial charge in [-0.05, 0) is 30.9 Å². The van der Waals surface area contributed by atoms with Gasteiger partial charge >= 0.3 is 12.8 Å². The number of rotatable bonds is 2. The maximum atomic E-state index is 13.7. The fourth-order valence-electron chi connectivity index (χ4n) is 3.36. The highest BCUT2D eigenvalue weighted by Gasteiger charge is 2.49. The number of aryl methyl sites for hydroxylation is 1. The summed E-state index contributed by atoms with van der Waals surface area (Å²) in [5, 5.41) is 0.786. The summed E-state index contributed by atoms with van der Waals surface area (Å²) in [5.74, 6) is 0.126. The second-order valence-electron chi connectivity index (χ2n) is 6.35. The van der Waals surface area contributed by atoms with Crippen LogP contribution < -0.4 is 0 Å². The zero-order chi connectivity index (χ0) is 19.5. The van der Waals surface area contributed by atoms with E-state index in [0.717, 1.165) is 49.5 Å². The summed E-state index contributed by atoms with van der Waals surface area (Å²) < 4.78 is 80.5. The van der Waals surface area contributed by atoms with Gasteiger partial charge in [-0.25, -0.2) is 0 Å². The standard InChI is InChI=1S/C17H20F3S.BF4/c1-2-12-8-9-14-11-16(13-6-4-3-5-7-13)21(15(14)10-12)17(18,19)20;2-1(3,4)5/h8-11,13H,2-7H2,1H3;/q+1;-1. The predicted molar refractivity (Wildman–Crippen MR) is 93.1 cm³/mol. The van der Waals surface area contributed by atoms with Gasteiger partial charge in [0.05, 0.1) is 10.5 Å². The van der Waals surface area contributed by atoms with Crippen LogP contribution >= 0.6 is 10.5 Å². The van der Waals surface area contributed by atoms with Gasteiger partial charge in [0.15, 0.2) is 9.58 Å². The molecule has 0 nitrogen and oxygen atoms in total. The number of thiophene rings is 1. The van der Waals surface area contributed by atoms with E-state index in [1.54, 1.807) is 6.07 Å². The monoisotopic (exact) mass is 400 g/mol. The number of hydrogen-bond acceptors (Lipinski definition) is 0. The maximum absolute atomic E-state index is 13.7. The van der Waals surface area contributed by atoms with E-state index in [0.29, 0.717) is 9.58 Å². The topological polar surface area (TPSA) is 0 Å². The summed E-state index contributed by atoms with van der Waals surface area (Å²) in [6, 6.07) is 7.44. The molecule has 26 heavy (non-hydrogen) atoms. The third kappa shape index (κ3) is 5.63. The van der Waals surface area contributed by atoms with Crippen LogP contribution in [-0.4, -0.2) is 7.25 Å². The Morgan fingerprint density at radius 3 is 2.08 bits per heavy atom. The Bertz CT molecular complexity index is 721. The van der Waals surface area contributed by atoms with E-state index in [1.165, 1.54) is 0 Å². The SMILES string of the molecule is CCc1ccc2cc(C3CCCCC3)[s+](C(F)(F)F)c2c1.F[B-](F)(F)F. The number of fused-ring (bicyclic) bond motifs is 1. The molecule has 146 valence electrons. The molecular weight excluding hydrogens is 380 g/mol. The number of alkyl halides is 3. The van der Waals surface area contributed by atoms with Crippen LogP contribution in [0, 0.1) is 0 Å². The van der Waals surface area contributed by atoms with Crippen molar-refractivity contribution in [2.75, 3.05) is 0 Å². The lowest BCUT2D eigenvalue weighted by Gasteiger charge is -2.18. The fourth-order valence-corrected chi connectivity index (χ4v) is 5.58. The molecule has 1 aromatic carbocycles. The molecular formula is C17H20BF7S. The molecule has 0 amide bonds. The summed E-state index contributed by atoms with van der Waals surface area (Å²) >= 11 is 0. The van der Waals surface area contributed by atoms with E-state index < -0.39 is 23.2 Å². The Kier molecular flexibility index (Phi) is 6.63. The Morgan fingerprint density at radius 2 is 1.58 bits per heavy atom. The van der Waals surface area contributed by atoms with Gasteiger partial charge in [-0.3, -0.25) is 0 Å². The molecule has 1 aliphatic rings. The molecule has 0 radical (unpaired) electrons. The van der Waals surface area contributed by atoms with Crippen LogP contribution in [0.2, 0.25) is 0 Å². The van der Waals surface area contributed by atoms with Crippen molar-refractivity contribution in [1.82, 2.24) is 0 Å². The first-order chi connectivity index (χ1) is 12.0. The van der Waals surface area contributed by atoms with Gasteiger partial charge in [-0.15, -0.1) is 13.2 Å². The van der Waals surface area contributed by atoms with Crippen LogP contribution in [0.15, 0.2) is 24.3 Å². The average Bonchev–Trinajstić information content (AvgIpc) is 2.92. The number of benzene rings is 1. The lowest BCUT2D eigenvalue weighted by molar-refractivity contribution is -0.0868. The van der Waals surface area contributed by atoms with Gasteiger partial charge in [-0.1, -0.05) is 32.3 Å². The zero-order valence-electron chi connectivity index (χ0n) is 14.3.